The predicted molar refractivity (Wildman–Crippen MR) is 134 cm³/mol. The van der Waals surface area contributed by atoms with Crippen LogP contribution >= 0.6 is 0 Å². The number of hydrogen-bond donors (Lipinski definition) is 1. The number of sulfonamides is 1. The molecule has 0 saturated carbocycles. The number of nitrogens with one attached hydrogen (secondary N) is 1. The van der Waals surface area contributed by atoms with Gasteiger partial charge in [0.2, 0.25) is 10.0 Å². The fourth-order valence-electron chi connectivity index (χ4n) is 4.23. The Labute approximate surface area is 208 Å². The van der Waals surface area contributed by atoms with Gasteiger partial charge < -0.3 is 9.47 Å². The zero-order chi connectivity index (χ0) is 25.1. The Kier molecular flexibility index (Phi) is 6.68. The van der Waals surface area contributed by atoms with Gasteiger partial charge in [-0.3, -0.25) is 15.5 Å². The number of nitrogens with zero attached hydrogens (tertiary/aromatic N) is 3. The second-order valence-corrected chi connectivity index (χ2v) is 10.3. The van der Waals surface area contributed by atoms with Crippen molar-refractivity contribution in [1.82, 2.24) is 4.31 Å². The van der Waals surface area contributed by atoms with Crippen LogP contribution < -0.4 is 10.2 Å². The van der Waals surface area contributed by atoms with Crippen molar-refractivity contribution in [3.05, 3.63) is 94.0 Å². The van der Waals surface area contributed by atoms with Crippen molar-refractivity contribution in [1.29, 1.82) is 0 Å². The SMILES string of the molecule is O=[N+]([O-])c1cc(S(=O)(=O)N2CCOCC2)ccc1N/N=C1\C[C@H](c2ccccc2)Oc2ccccc21. The molecule has 0 unspecified atom stereocenters. The normalized spacial score (nSPS) is 19.3. The third-order valence-electron chi connectivity index (χ3n) is 6.10. The molecule has 10 nitrogen and oxygen atoms in total. The largest absolute Gasteiger partial charge is 0.485 e. The summed E-state index contributed by atoms with van der Waals surface area (Å²) >= 11 is 0. The highest BCUT2D eigenvalue weighted by Gasteiger charge is 2.30. The number of fused-ring (bicyclic) bond motifs is 1. The number of benzene rings is 3. The first-order valence-corrected chi connectivity index (χ1v) is 12.9. The first-order valence-electron chi connectivity index (χ1n) is 11.4. The van der Waals surface area contributed by atoms with E-state index in [1.54, 1.807) is 0 Å². The highest BCUT2D eigenvalue weighted by molar-refractivity contribution is 7.89. The van der Waals surface area contributed by atoms with Crippen LogP contribution in [-0.4, -0.2) is 49.7 Å². The van der Waals surface area contributed by atoms with E-state index in [0.717, 1.165) is 17.2 Å². The van der Waals surface area contributed by atoms with Gasteiger partial charge in [0.1, 0.15) is 17.5 Å². The Morgan fingerprint density at radius 1 is 1.00 bits per heavy atom. The maximum atomic E-state index is 13.0. The van der Waals surface area contributed by atoms with Crippen molar-refractivity contribution in [2.45, 2.75) is 17.4 Å². The smallest absolute Gasteiger partial charge is 0.295 e. The molecule has 11 heteroatoms. The molecule has 1 N–H and O–H groups in total. The molecule has 2 heterocycles. The minimum atomic E-state index is -3.88. The molecule has 0 spiro atoms. The summed E-state index contributed by atoms with van der Waals surface area (Å²) < 4.78 is 38.6. The Hall–Kier alpha value is -3.80. The van der Waals surface area contributed by atoms with Crippen LogP contribution in [0.2, 0.25) is 0 Å². The van der Waals surface area contributed by atoms with Gasteiger partial charge in [-0.1, -0.05) is 42.5 Å². The molecule has 1 saturated heterocycles. The zero-order valence-electron chi connectivity index (χ0n) is 19.2. The zero-order valence-corrected chi connectivity index (χ0v) is 20.1. The maximum Gasteiger partial charge on any atom is 0.295 e. The third kappa shape index (κ3) is 4.81. The van der Waals surface area contributed by atoms with Crippen LogP contribution in [0.3, 0.4) is 0 Å². The lowest BCUT2D eigenvalue weighted by molar-refractivity contribution is -0.384. The number of anilines is 1. The number of para-hydroxylation sites is 1. The highest BCUT2D eigenvalue weighted by Crippen LogP contribution is 2.36. The van der Waals surface area contributed by atoms with Crippen LogP contribution in [0.1, 0.15) is 23.7 Å². The summed E-state index contributed by atoms with van der Waals surface area (Å²) in [7, 11) is -3.88. The van der Waals surface area contributed by atoms with E-state index >= 15 is 0 Å². The molecule has 1 atom stereocenters. The maximum absolute atomic E-state index is 13.0. The lowest BCUT2D eigenvalue weighted by Crippen LogP contribution is -2.40. The van der Waals surface area contributed by atoms with E-state index in [0.29, 0.717) is 17.9 Å². The molecule has 5 rings (SSSR count). The predicted octanol–water partition coefficient (Wildman–Crippen LogP) is 3.96. The Morgan fingerprint density at radius 3 is 2.47 bits per heavy atom. The van der Waals surface area contributed by atoms with Gasteiger partial charge in [0.05, 0.1) is 28.7 Å². The van der Waals surface area contributed by atoms with Crippen LogP contribution in [0.4, 0.5) is 11.4 Å². The molecule has 0 bridgehead atoms. The van der Waals surface area contributed by atoms with Crippen LogP contribution in [0.5, 0.6) is 5.75 Å². The second-order valence-electron chi connectivity index (χ2n) is 8.34. The summed E-state index contributed by atoms with van der Waals surface area (Å²) in [6, 6.07) is 21.0. The van der Waals surface area contributed by atoms with Crippen LogP contribution in [-0.2, 0) is 14.8 Å². The van der Waals surface area contributed by atoms with Gasteiger partial charge in [-0.15, -0.1) is 0 Å². The van der Waals surface area contributed by atoms with Crippen molar-refractivity contribution in [3.63, 3.8) is 0 Å². The van der Waals surface area contributed by atoms with E-state index < -0.39 is 14.9 Å². The third-order valence-corrected chi connectivity index (χ3v) is 8.00. The van der Waals surface area contributed by atoms with Gasteiger partial charge in [-0.05, 0) is 29.8 Å². The van der Waals surface area contributed by atoms with Crippen LogP contribution in [0.25, 0.3) is 0 Å². The minimum absolute atomic E-state index is 0.0914. The van der Waals surface area contributed by atoms with E-state index in [1.807, 2.05) is 54.6 Å². The minimum Gasteiger partial charge on any atom is -0.485 e. The molecular formula is C25H24N4O6S. The average molecular weight is 509 g/mol. The molecule has 2 aliphatic rings. The second kappa shape index (κ2) is 10.1. The number of nitro groups is 1. The fourth-order valence-corrected chi connectivity index (χ4v) is 5.66. The monoisotopic (exact) mass is 508 g/mol. The summed E-state index contributed by atoms with van der Waals surface area (Å²) in [4.78, 5) is 11.1. The Morgan fingerprint density at radius 2 is 1.72 bits per heavy atom. The summed E-state index contributed by atoms with van der Waals surface area (Å²) in [6.45, 7) is 0.975. The molecule has 2 aliphatic heterocycles. The Balaban J connectivity index is 1.45. The number of nitro benzene ring substituents is 1. The van der Waals surface area contributed by atoms with E-state index in [9.17, 15) is 18.5 Å². The number of morpholine rings is 1. The van der Waals surface area contributed by atoms with E-state index in [4.69, 9.17) is 9.47 Å². The van der Waals surface area contributed by atoms with Gasteiger partial charge in [0.25, 0.3) is 5.69 Å². The number of ether oxygens (including phenoxy) is 2. The molecule has 186 valence electrons. The first kappa shape index (κ1) is 23.9. The van der Waals surface area contributed by atoms with Gasteiger partial charge >= 0.3 is 0 Å². The van der Waals surface area contributed by atoms with E-state index in [-0.39, 0.29) is 48.7 Å². The van der Waals surface area contributed by atoms with Gasteiger partial charge in [0.15, 0.2) is 0 Å². The summed E-state index contributed by atoms with van der Waals surface area (Å²) in [5.41, 5.74) is 4.95. The van der Waals surface area contributed by atoms with Gasteiger partial charge in [-0.2, -0.15) is 9.41 Å². The molecule has 0 aliphatic carbocycles. The van der Waals surface area contributed by atoms with E-state index in [1.165, 1.54) is 16.4 Å². The lowest BCUT2D eigenvalue weighted by atomic mass is 9.96. The van der Waals surface area contributed by atoms with Crippen LogP contribution in [0, 0.1) is 10.1 Å². The van der Waals surface area contributed by atoms with Crippen molar-refractivity contribution in [3.8, 4) is 5.75 Å². The number of hydrogen-bond acceptors (Lipinski definition) is 8. The number of rotatable bonds is 6. The lowest BCUT2D eigenvalue weighted by Gasteiger charge is -2.27. The average Bonchev–Trinajstić information content (AvgIpc) is 2.92. The topological polar surface area (TPSA) is 123 Å². The molecule has 0 radical (unpaired) electrons. The van der Waals surface area contributed by atoms with Gasteiger partial charge in [0, 0.05) is 31.1 Å². The molecule has 3 aromatic carbocycles. The Bertz CT molecular complexity index is 1410. The molecule has 0 amide bonds. The molecule has 0 aromatic heterocycles. The molecule has 3 aromatic rings. The van der Waals surface area contributed by atoms with Gasteiger partial charge in [-0.25, -0.2) is 8.42 Å². The van der Waals surface area contributed by atoms with Crippen molar-refractivity contribution in [2.75, 3.05) is 31.7 Å². The molecule has 36 heavy (non-hydrogen) atoms. The summed E-state index contributed by atoms with van der Waals surface area (Å²) in [5.74, 6) is 0.666. The van der Waals surface area contributed by atoms with E-state index in [2.05, 4.69) is 10.5 Å². The molecular weight excluding hydrogens is 484 g/mol. The fraction of sp³-hybridized carbons (Fsp3) is 0.240. The standard InChI is InChI=1S/C25H24N4O6S/c30-29(31)23-16-19(36(32,33)28-12-14-34-15-13-28)10-11-21(23)26-27-22-17-25(18-6-2-1-3-7-18)35-24-9-5-4-8-20(22)24/h1-11,16,25-26H,12-15,17H2/b27-22+/t25-/m1/s1. The number of hydrazone groups is 1. The first-order chi connectivity index (χ1) is 17.4. The molecule has 1 fully saturated rings. The quantitative estimate of drug-likeness (QED) is 0.395. The highest BCUT2D eigenvalue weighted by atomic mass is 32.2. The van der Waals surface area contributed by atoms with Crippen molar-refractivity contribution < 1.29 is 22.8 Å². The van der Waals surface area contributed by atoms with Crippen LogP contribution in [0.15, 0.2) is 82.8 Å². The summed E-state index contributed by atoms with van der Waals surface area (Å²) in [5, 5.41) is 16.3. The van der Waals surface area contributed by atoms with Crippen molar-refractivity contribution in [2.24, 2.45) is 5.10 Å². The van der Waals surface area contributed by atoms with Crippen molar-refractivity contribution >= 4 is 27.1 Å². The summed E-state index contributed by atoms with van der Waals surface area (Å²) in [6.07, 6.45) is 0.184.